The Kier molecular flexibility index (Phi) is 9.33. The van der Waals surface area contributed by atoms with Crippen molar-refractivity contribution in [2.75, 3.05) is 30.8 Å². The maximum absolute atomic E-state index is 14.8. The number of imide groups is 1. The van der Waals surface area contributed by atoms with Crippen molar-refractivity contribution >= 4 is 64.4 Å². The molecule has 1 aliphatic carbocycles. The second-order valence-corrected chi connectivity index (χ2v) is 8.11. The Balaban J connectivity index is 2.55. The number of nitrogens with zero attached hydrogens (tertiary/aromatic N) is 1. The van der Waals surface area contributed by atoms with E-state index in [9.17, 15) is 23.6 Å². The minimum Gasteiger partial charge on any atom is -0.468 e. The van der Waals surface area contributed by atoms with Crippen LogP contribution >= 0.6 is 35.0 Å². The predicted molar refractivity (Wildman–Crippen MR) is 115 cm³/mol. The van der Waals surface area contributed by atoms with E-state index in [0.717, 1.165) is 17.8 Å². The van der Waals surface area contributed by atoms with Gasteiger partial charge >= 0.3 is 11.9 Å². The minimum absolute atomic E-state index is 0.00648. The summed E-state index contributed by atoms with van der Waals surface area (Å²) in [5.74, 6) is -4.58. The second-order valence-electron chi connectivity index (χ2n) is 6.42. The molecule has 0 aromatic heterocycles. The summed E-state index contributed by atoms with van der Waals surface area (Å²) >= 11 is 12.7. The van der Waals surface area contributed by atoms with E-state index < -0.39 is 35.5 Å². The largest absolute Gasteiger partial charge is 0.468 e. The lowest BCUT2D eigenvalue weighted by Crippen LogP contribution is -2.40. The molecule has 0 aliphatic heterocycles. The number of hydrogen-bond acceptors (Lipinski definition) is 7. The van der Waals surface area contributed by atoms with E-state index in [0.29, 0.717) is 24.2 Å². The van der Waals surface area contributed by atoms with E-state index in [1.54, 1.807) is 0 Å². The molecule has 2 rings (SSSR count). The molecule has 0 saturated carbocycles. The molecule has 1 aromatic carbocycles. The molecule has 168 valence electrons. The molecule has 0 radical (unpaired) electrons. The second kappa shape index (κ2) is 11.5. The summed E-state index contributed by atoms with van der Waals surface area (Å²) < 4.78 is 24.1. The number of amides is 2. The van der Waals surface area contributed by atoms with Crippen molar-refractivity contribution in [3.8, 4) is 0 Å². The Morgan fingerprint density at radius 3 is 2.32 bits per heavy atom. The van der Waals surface area contributed by atoms with Gasteiger partial charge in [-0.1, -0.05) is 11.6 Å². The van der Waals surface area contributed by atoms with Crippen LogP contribution in [0.1, 0.15) is 25.7 Å². The average Bonchev–Trinajstić information content (AvgIpc) is 2.78. The smallest absolute Gasteiger partial charge is 0.334 e. The molecule has 2 amide bonds. The zero-order chi connectivity index (χ0) is 23.1. The van der Waals surface area contributed by atoms with Gasteiger partial charge in [0.15, 0.2) is 0 Å². The van der Waals surface area contributed by atoms with Gasteiger partial charge < -0.3 is 9.47 Å². The molecule has 0 unspecified atom stereocenters. The molecule has 0 atom stereocenters. The number of anilines is 1. The highest BCUT2D eigenvalue weighted by Gasteiger charge is 2.33. The monoisotopic (exact) mass is 491 g/mol. The summed E-state index contributed by atoms with van der Waals surface area (Å²) in [5.41, 5.74) is -0.148. The van der Waals surface area contributed by atoms with Crippen LogP contribution < -0.4 is 4.90 Å². The normalized spacial score (nSPS) is 13.6. The summed E-state index contributed by atoms with van der Waals surface area (Å²) in [4.78, 5) is 50.3. The van der Waals surface area contributed by atoms with Crippen LogP contribution in [0, 0.1) is 5.82 Å². The van der Waals surface area contributed by atoms with E-state index in [-0.39, 0.29) is 38.9 Å². The molecule has 31 heavy (non-hydrogen) atoms. The van der Waals surface area contributed by atoms with Gasteiger partial charge in [-0.05, 0) is 37.8 Å². The van der Waals surface area contributed by atoms with Crippen molar-refractivity contribution in [3.05, 3.63) is 34.1 Å². The molecule has 1 aliphatic rings. The summed E-state index contributed by atoms with van der Waals surface area (Å²) in [5, 5.41) is -0.00648. The van der Waals surface area contributed by atoms with Crippen LogP contribution in [0.3, 0.4) is 0 Å². The fourth-order valence-corrected chi connectivity index (χ4v) is 4.25. The number of ether oxygens (including phenoxy) is 2. The first kappa shape index (κ1) is 25.2. The van der Waals surface area contributed by atoms with Gasteiger partial charge in [-0.15, -0.1) is 23.4 Å². The van der Waals surface area contributed by atoms with E-state index in [4.69, 9.17) is 27.9 Å². The minimum atomic E-state index is -0.935. The zero-order valence-corrected chi connectivity index (χ0v) is 19.2. The first-order valence-electron chi connectivity index (χ1n) is 9.17. The van der Waals surface area contributed by atoms with Gasteiger partial charge in [0.05, 0.1) is 30.7 Å². The third kappa shape index (κ3) is 5.99. The van der Waals surface area contributed by atoms with Crippen LogP contribution in [0.25, 0.3) is 0 Å². The van der Waals surface area contributed by atoms with Crippen molar-refractivity contribution in [2.45, 2.75) is 30.6 Å². The summed E-state index contributed by atoms with van der Waals surface area (Å²) in [6.07, 6.45) is 1.83. The predicted octanol–water partition coefficient (Wildman–Crippen LogP) is 3.89. The maximum Gasteiger partial charge on any atom is 0.334 e. The summed E-state index contributed by atoms with van der Waals surface area (Å²) in [6.45, 7) is 0. The van der Waals surface area contributed by atoms with Crippen LogP contribution in [0.15, 0.2) is 28.2 Å². The fraction of sp³-hybridized carbons (Fsp3) is 0.400. The molecule has 1 aromatic rings. The fourth-order valence-electron chi connectivity index (χ4n) is 3.04. The Hall–Kier alpha value is -2.10. The molecule has 0 N–H and O–H groups in total. The number of methoxy groups -OCH3 is 2. The van der Waals surface area contributed by atoms with Crippen LogP contribution in [-0.2, 0) is 28.7 Å². The topological polar surface area (TPSA) is 90.0 Å². The molecule has 0 spiro atoms. The molecule has 11 heteroatoms. The van der Waals surface area contributed by atoms with Crippen LogP contribution in [0.4, 0.5) is 10.1 Å². The van der Waals surface area contributed by atoms with Crippen LogP contribution in [-0.4, -0.2) is 49.6 Å². The SMILES string of the molecule is COC(=O)CSc1cc(N(C(=O)CCl)C(=O)C2=C(C(=O)OC)CCCC2)c(F)cc1Cl. The quantitative estimate of drug-likeness (QED) is 0.324. The van der Waals surface area contributed by atoms with Gasteiger partial charge in [0.1, 0.15) is 11.7 Å². The van der Waals surface area contributed by atoms with Gasteiger partial charge in [-0.25, -0.2) is 14.1 Å². The Bertz CT molecular complexity index is 936. The van der Waals surface area contributed by atoms with Crippen molar-refractivity contribution in [1.82, 2.24) is 0 Å². The number of benzene rings is 1. The van der Waals surface area contributed by atoms with E-state index in [1.807, 2.05) is 0 Å². The first-order valence-corrected chi connectivity index (χ1v) is 11.1. The van der Waals surface area contributed by atoms with Crippen LogP contribution in [0.2, 0.25) is 5.02 Å². The highest BCUT2D eigenvalue weighted by molar-refractivity contribution is 8.00. The Morgan fingerprint density at radius 2 is 1.74 bits per heavy atom. The maximum atomic E-state index is 14.8. The van der Waals surface area contributed by atoms with Crippen LogP contribution in [0.5, 0.6) is 0 Å². The number of hydrogen-bond donors (Lipinski definition) is 0. The Morgan fingerprint density at radius 1 is 1.10 bits per heavy atom. The number of rotatable bonds is 7. The molecule has 0 bridgehead atoms. The molecule has 0 fully saturated rings. The van der Waals surface area contributed by atoms with Gasteiger partial charge in [0, 0.05) is 16.0 Å². The summed E-state index contributed by atoms with van der Waals surface area (Å²) in [7, 11) is 2.41. The Labute approximate surface area is 192 Å². The van der Waals surface area contributed by atoms with Gasteiger partial charge in [-0.3, -0.25) is 14.4 Å². The zero-order valence-electron chi connectivity index (χ0n) is 16.8. The van der Waals surface area contributed by atoms with E-state index in [1.165, 1.54) is 20.3 Å². The van der Waals surface area contributed by atoms with E-state index >= 15 is 0 Å². The number of carbonyl (C=O) groups excluding carboxylic acids is 4. The summed E-state index contributed by atoms with van der Waals surface area (Å²) in [6, 6.07) is 2.13. The van der Waals surface area contributed by atoms with Crippen molar-refractivity contribution < 1.29 is 33.0 Å². The number of alkyl halides is 1. The molecule has 0 heterocycles. The number of halogens is 3. The third-order valence-corrected chi connectivity index (χ3v) is 6.22. The number of thioether (sulfide) groups is 1. The van der Waals surface area contributed by atoms with E-state index in [2.05, 4.69) is 4.74 Å². The first-order chi connectivity index (χ1) is 14.7. The van der Waals surface area contributed by atoms with Gasteiger partial charge in [0.25, 0.3) is 5.91 Å². The molecular formula is C20H20Cl2FNO6S. The molecule has 7 nitrogen and oxygen atoms in total. The van der Waals surface area contributed by atoms with Crippen molar-refractivity contribution in [3.63, 3.8) is 0 Å². The lowest BCUT2D eigenvalue weighted by atomic mass is 9.90. The lowest BCUT2D eigenvalue weighted by molar-refractivity contribution is -0.138. The average molecular weight is 492 g/mol. The van der Waals surface area contributed by atoms with Gasteiger partial charge in [0.2, 0.25) is 5.91 Å². The van der Waals surface area contributed by atoms with Crippen molar-refractivity contribution in [1.29, 1.82) is 0 Å². The lowest BCUT2D eigenvalue weighted by Gasteiger charge is -2.26. The standard InChI is InChI=1S/C20H20Cl2FNO6S/c1-29-18(26)10-31-16-8-15(14(23)7-13(16)22)24(17(25)9-21)19(27)11-5-3-4-6-12(11)20(28)30-2/h7-8H,3-6,9-10H2,1-2H3. The highest BCUT2D eigenvalue weighted by Crippen LogP contribution is 2.36. The van der Waals surface area contributed by atoms with Crippen molar-refractivity contribution in [2.24, 2.45) is 0 Å². The third-order valence-electron chi connectivity index (χ3n) is 4.54. The number of esters is 2. The molecular weight excluding hydrogens is 472 g/mol. The highest BCUT2D eigenvalue weighted by atomic mass is 35.5. The molecule has 0 saturated heterocycles. The number of carbonyl (C=O) groups is 4. The van der Waals surface area contributed by atoms with Gasteiger partial charge in [-0.2, -0.15) is 0 Å².